The minimum absolute atomic E-state index is 0.133. The summed E-state index contributed by atoms with van der Waals surface area (Å²) >= 11 is 0. The maximum Gasteiger partial charge on any atom is 0.251 e. The average Bonchev–Trinajstić information content (AvgIpc) is 2.58. The van der Waals surface area contributed by atoms with Crippen LogP contribution in [0.1, 0.15) is 15.9 Å². The second-order valence-electron chi connectivity index (χ2n) is 4.46. The molecule has 0 spiro atoms. The van der Waals surface area contributed by atoms with Gasteiger partial charge in [-0.1, -0.05) is 35.5 Å². The SMILES string of the molecule is CO/N=C/c1ccc(C(=O)NCCOc2ccccc2)cc1. The minimum atomic E-state index is -0.133. The summed E-state index contributed by atoms with van der Waals surface area (Å²) in [4.78, 5) is 16.6. The molecule has 0 aliphatic carbocycles. The molecule has 0 aliphatic rings. The van der Waals surface area contributed by atoms with E-state index in [0.29, 0.717) is 18.7 Å². The molecule has 0 heterocycles. The number of nitrogens with one attached hydrogen (secondary N) is 1. The molecule has 0 radical (unpaired) electrons. The number of oxime groups is 1. The lowest BCUT2D eigenvalue weighted by Crippen LogP contribution is -2.28. The van der Waals surface area contributed by atoms with Crippen molar-refractivity contribution in [2.24, 2.45) is 5.16 Å². The summed E-state index contributed by atoms with van der Waals surface area (Å²) in [5, 5.41) is 6.47. The summed E-state index contributed by atoms with van der Waals surface area (Å²) in [6, 6.07) is 16.6. The summed E-state index contributed by atoms with van der Waals surface area (Å²) in [7, 11) is 1.48. The van der Waals surface area contributed by atoms with Crippen LogP contribution in [0.5, 0.6) is 5.75 Å². The average molecular weight is 298 g/mol. The molecule has 1 amide bonds. The van der Waals surface area contributed by atoms with Gasteiger partial charge in [0.2, 0.25) is 0 Å². The predicted molar refractivity (Wildman–Crippen MR) is 85.3 cm³/mol. The van der Waals surface area contributed by atoms with Crippen molar-refractivity contribution in [1.29, 1.82) is 0 Å². The van der Waals surface area contributed by atoms with Crippen LogP contribution in [-0.4, -0.2) is 32.4 Å². The van der Waals surface area contributed by atoms with E-state index in [-0.39, 0.29) is 5.91 Å². The van der Waals surface area contributed by atoms with E-state index in [1.165, 1.54) is 7.11 Å². The van der Waals surface area contributed by atoms with Crippen molar-refractivity contribution in [3.8, 4) is 5.75 Å². The molecule has 5 nitrogen and oxygen atoms in total. The van der Waals surface area contributed by atoms with Crippen LogP contribution in [0.4, 0.5) is 0 Å². The van der Waals surface area contributed by atoms with E-state index in [1.807, 2.05) is 30.3 Å². The zero-order valence-electron chi connectivity index (χ0n) is 12.4. The number of benzene rings is 2. The van der Waals surface area contributed by atoms with E-state index >= 15 is 0 Å². The highest BCUT2D eigenvalue weighted by atomic mass is 16.6. The van der Waals surface area contributed by atoms with Crippen LogP contribution in [-0.2, 0) is 4.84 Å². The van der Waals surface area contributed by atoms with Crippen LogP contribution in [0.25, 0.3) is 0 Å². The quantitative estimate of drug-likeness (QED) is 0.485. The standard InChI is InChI=1S/C17H18N2O3/c1-21-19-13-14-7-9-15(10-8-14)17(20)18-11-12-22-16-5-3-2-4-6-16/h2-10,13H,11-12H2,1H3,(H,18,20)/b19-13+. The van der Waals surface area contributed by atoms with Crippen LogP contribution in [0.15, 0.2) is 59.8 Å². The summed E-state index contributed by atoms with van der Waals surface area (Å²) in [5.41, 5.74) is 1.46. The van der Waals surface area contributed by atoms with Crippen molar-refractivity contribution < 1.29 is 14.4 Å². The fourth-order valence-corrected chi connectivity index (χ4v) is 1.79. The van der Waals surface area contributed by atoms with Crippen molar-refractivity contribution in [3.05, 3.63) is 65.7 Å². The van der Waals surface area contributed by atoms with Gasteiger partial charge in [0, 0.05) is 5.56 Å². The number of nitrogens with zero attached hydrogens (tertiary/aromatic N) is 1. The molecule has 2 aromatic carbocycles. The lowest BCUT2D eigenvalue weighted by atomic mass is 10.1. The number of amides is 1. The molecule has 0 saturated heterocycles. The number of rotatable bonds is 7. The van der Waals surface area contributed by atoms with Gasteiger partial charge < -0.3 is 14.9 Å². The summed E-state index contributed by atoms with van der Waals surface area (Å²) < 4.78 is 5.51. The summed E-state index contributed by atoms with van der Waals surface area (Å²) in [6.45, 7) is 0.870. The van der Waals surface area contributed by atoms with Crippen molar-refractivity contribution in [2.75, 3.05) is 20.3 Å². The highest BCUT2D eigenvalue weighted by molar-refractivity contribution is 5.95. The lowest BCUT2D eigenvalue weighted by Gasteiger charge is -2.07. The molecule has 0 atom stereocenters. The third-order valence-corrected chi connectivity index (χ3v) is 2.88. The number of hydrogen-bond donors (Lipinski definition) is 1. The lowest BCUT2D eigenvalue weighted by molar-refractivity contribution is 0.0947. The zero-order valence-corrected chi connectivity index (χ0v) is 12.4. The molecule has 0 bridgehead atoms. The Morgan fingerprint density at radius 3 is 2.55 bits per heavy atom. The first-order valence-corrected chi connectivity index (χ1v) is 6.92. The molecule has 2 rings (SSSR count). The predicted octanol–water partition coefficient (Wildman–Crippen LogP) is 2.48. The first kappa shape index (κ1) is 15.6. The Labute approximate surface area is 129 Å². The van der Waals surface area contributed by atoms with Crippen molar-refractivity contribution in [1.82, 2.24) is 5.32 Å². The molecule has 22 heavy (non-hydrogen) atoms. The molecule has 5 heteroatoms. The molecule has 2 aromatic rings. The Kier molecular flexibility index (Phi) is 5.99. The summed E-state index contributed by atoms with van der Waals surface area (Å²) in [5.74, 6) is 0.658. The molecular formula is C17H18N2O3. The molecule has 0 unspecified atom stereocenters. The Balaban J connectivity index is 1.76. The molecule has 0 fully saturated rings. The molecule has 1 N–H and O–H groups in total. The normalized spacial score (nSPS) is 10.4. The van der Waals surface area contributed by atoms with E-state index < -0.39 is 0 Å². The highest BCUT2D eigenvalue weighted by Gasteiger charge is 2.04. The Bertz CT molecular complexity index is 610. The molecule has 0 aromatic heterocycles. The fourth-order valence-electron chi connectivity index (χ4n) is 1.79. The van der Waals surface area contributed by atoms with Gasteiger partial charge in [0.1, 0.15) is 19.5 Å². The van der Waals surface area contributed by atoms with E-state index in [2.05, 4.69) is 15.3 Å². The van der Waals surface area contributed by atoms with Gasteiger partial charge in [-0.2, -0.15) is 0 Å². The Morgan fingerprint density at radius 1 is 1.14 bits per heavy atom. The number of hydrogen-bond acceptors (Lipinski definition) is 4. The van der Waals surface area contributed by atoms with Gasteiger partial charge in [-0.3, -0.25) is 4.79 Å². The van der Waals surface area contributed by atoms with E-state index in [4.69, 9.17) is 4.74 Å². The monoisotopic (exact) mass is 298 g/mol. The third kappa shape index (κ3) is 4.94. The van der Waals surface area contributed by atoms with Crippen LogP contribution in [0, 0.1) is 0 Å². The van der Waals surface area contributed by atoms with E-state index in [0.717, 1.165) is 11.3 Å². The zero-order chi connectivity index (χ0) is 15.6. The van der Waals surface area contributed by atoms with Crippen LogP contribution >= 0.6 is 0 Å². The molecule has 114 valence electrons. The second kappa shape index (κ2) is 8.46. The van der Waals surface area contributed by atoms with Gasteiger partial charge in [-0.25, -0.2) is 0 Å². The first-order chi connectivity index (χ1) is 10.8. The second-order valence-corrected chi connectivity index (χ2v) is 4.46. The smallest absolute Gasteiger partial charge is 0.251 e. The maximum absolute atomic E-state index is 12.0. The van der Waals surface area contributed by atoms with E-state index in [1.54, 1.807) is 30.5 Å². The molecular weight excluding hydrogens is 280 g/mol. The minimum Gasteiger partial charge on any atom is -0.492 e. The van der Waals surface area contributed by atoms with Gasteiger partial charge in [0.25, 0.3) is 5.91 Å². The third-order valence-electron chi connectivity index (χ3n) is 2.88. The Morgan fingerprint density at radius 2 is 1.86 bits per heavy atom. The van der Waals surface area contributed by atoms with Gasteiger partial charge >= 0.3 is 0 Å². The van der Waals surface area contributed by atoms with Crippen molar-refractivity contribution in [3.63, 3.8) is 0 Å². The van der Waals surface area contributed by atoms with Gasteiger partial charge in [0.15, 0.2) is 0 Å². The summed E-state index contributed by atoms with van der Waals surface area (Å²) in [6.07, 6.45) is 1.58. The fraction of sp³-hybridized carbons (Fsp3) is 0.176. The number of ether oxygens (including phenoxy) is 1. The maximum atomic E-state index is 12.0. The topological polar surface area (TPSA) is 59.9 Å². The first-order valence-electron chi connectivity index (χ1n) is 6.92. The van der Waals surface area contributed by atoms with Crippen LogP contribution in [0.2, 0.25) is 0 Å². The van der Waals surface area contributed by atoms with Crippen molar-refractivity contribution >= 4 is 12.1 Å². The molecule has 0 aliphatic heterocycles. The van der Waals surface area contributed by atoms with E-state index in [9.17, 15) is 4.79 Å². The van der Waals surface area contributed by atoms with Gasteiger partial charge in [0.05, 0.1) is 12.8 Å². The number of para-hydroxylation sites is 1. The number of carbonyl (C=O) groups is 1. The van der Waals surface area contributed by atoms with Crippen LogP contribution < -0.4 is 10.1 Å². The number of carbonyl (C=O) groups excluding carboxylic acids is 1. The van der Waals surface area contributed by atoms with Crippen LogP contribution in [0.3, 0.4) is 0 Å². The molecule has 0 saturated carbocycles. The van der Waals surface area contributed by atoms with Gasteiger partial charge in [-0.15, -0.1) is 0 Å². The Hall–Kier alpha value is -2.82. The largest absolute Gasteiger partial charge is 0.492 e. The highest BCUT2D eigenvalue weighted by Crippen LogP contribution is 2.07. The van der Waals surface area contributed by atoms with Crippen molar-refractivity contribution in [2.45, 2.75) is 0 Å². The van der Waals surface area contributed by atoms with Gasteiger partial charge in [-0.05, 0) is 29.8 Å².